The number of carbonyl (C=O) groups excluding carboxylic acids is 2. The molecule has 1 aromatic carbocycles. The van der Waals surface area contributed by atoms with Crippen LogP contribution in [0.2, 0.25) is 0 Å². The molecule has 26 heavy (non-hydrogen) atoms. The standard InChI is InChI=1S/C17H16N4O4S/c1-24-13-8-9(5-6-20-13)14(18)26-17(19)11-7-10(15(22)25-2)3-4-12(11)21-16(17)23/h3-8,18H,19H2,1-2H3,(H,21,23). The lowest BCUT2D eigenvalue weighted by Crippen LogP contribution is -2.41. The lowest BCUT2D eigenvalue weighted by molar-refractivity contribution is -0.117. The van der Waals surface area contributed by atoms with Crippen molar-refractivity contribution in [3.05, 3.63) is 53.2 Å². The van der Waals surface area contributed by atoms with Crippen LogP contribution >= 0.6 is 11.8 Å². The van der Waals surface area contributed by atoms with Gasteiger partial charge in [-0.25, -0.2) is 9.78 Å². The van der Waals surface area contributed by atoms with E-state index in [1.165, 1.54) is 26.5 Å². The molecule has 9 heteroatoms. The third-order valence-corrected chi connectivity index (χ3v) is 5.06. The quantitative estimate of drug-likeness (QED) is 0.322. The molecule has 3 rings (SSSR count). The number of nitrogens with zero attached hydrogens (tertiary/aromatic N) is 1. The van der Waals surface area contributed by atoms with E-state index in [1.807, 2.05) is 0 Å². The number of carbonyl (C=O) groups is 2. The van der Waals surface area contributed by atoms with Crippen molar-refractivity contribution in [3.63, 3.8) is 0 Å². The topological polar surface area (TPSA) is 127 Å². The molecule has 0 saturated heterocycles. The molecular weight excluding hydrogens is 356 g/mol. The number of ether oxygens (including phenoxy) is 2. The van der Waals surface area contributed by atoms with E-state index in [4.69, 9.17) is 20.6 Å². The summed E-state index contributed by atoms with van der Waals surface area (Å²) in [5.74, 6) is -0.651. The monoisotopic (exact) mass is 372 g/mol. The molecule has 0 spiro atoms. The first kappa shape index (κ1) is 17.9. The molecule has 0 bridgehead atoms. The zero-order valence-electron chi connectivity index (χ0n) is 14.0. The molecule has 1 unspecified atom stereocenters. The van der Waals surface area contributed by atoms with Crippen LogP contribution in [-0.2, 0) is 14.4 Å². The number of pyridine rings is 1. The number of esters is 1. The second-order valence-corrected chi connectivity index (χ2v) is 6.72. The third-order valence-electron chi connectivity index (χ3n) is 3.90. The Hall–Kier alpha value is -2.91. The lowest BCUT2D eigenvalue weighted by atomic mass is 10.0. The Bertz CT molecular complexity index is 917. The Balaban J connectivity index is 1.96. The molecule has 0 fully saturated rings. The number of benzene rings is 1. The Morgan fingerprint density at radius 3 is 2.73 bits per heavy atom. The Morgan fingerprint density at radius 2 is 2.04 bits per heavy atom. The minimum atomic E-state index is -1.55. The number of methoxy groups -OCH3 is 2. The van der Waals surface area contributed by atoms with E-state index >= 15 is 0 Å². The van der Waals surface area contributed by atoms with Gasteiger partial charge in [-0.05, 0) is 24.3 Å². The number of aromatic nitrogens is 1. The van der Waals surface area contributed by atoms with E-state index in [9.17, 15) is 9.59 Å². The van der Waals surface area contributed by atoms with Crippen LogP contribution < -0.4 is 15.8 Å². The fourth-order valence-corrected chi connectivity index (χ4v) is 3.52. The summed E-state index contributed by atoms with van der Waals surface area (Å²) < 4.78 is 9.76. The fraction of sp³-hybridized carbons (Fsp3) is 0.176. The molecule has 1 aliphatic heterocycles. The minimum Gasteiger partial charge on any atom is -0.481 e. The molecule has 2 aromatic rings. The second-order valence-electron chi connectivity index (χ2n) is 5.46. The highest BCUT2D eigenvalue weighted by Crippen LogP contribution is 2.43. The van der Waals surface area contributed by atoms with Crippen molar-refractivity contribution < 1.29 is 19.1 Å². The van der Waals surface area contributed by atoms with Gasteiger partial charge >= 0.3 is 5.97 Å². The number of rotatable bonds is 4. The molecule has 1 atom stereocenters. The molecule has 4 N–H and O–H groups in total. The smallest absolute Gasteiger partial charge is 0.337 e. The van der Waals surface area contributed by atoms with E-state index in [2.05, 4.69) is 10.3 Å². The average Bonchev–Trinajstić information content (AvgIpc) is 2.90. The van der Waals surface area contributed by atoms with Crippen LogP contribution in [-0.4, -0.2) is 36.1 Å². The fourth-order valence-electron chi connectivity index (χ4n) is 2.53. The molecule has 1 aromatic heterocycles. The van der Waals surface area contributed by atoms with Gasteiger partial charge in [0.15, 0.2) is 4.87 Å². The van der Waals surface area contributed by atoms with Gasteiger partial charge in [-0.2, -0.15) is 0 Å². The van der Waals surface area contributed by atoms with Crippen LogP contribution in [0.3, 0.4) is 0 Å². The zero-order chi connectivity index (χ0) is 18.9. The number of nitrogens with one attached hydrogen (secondary N) is 2. The normalized spacial score (nSPS) is 18.0. The number of hydrogen-bond donors (Lipinski definition) is 3. The summed E-state index contributed by atoms with van der Waals surface area (Å²) in [5, 5.41) is 11.1. The Labute approximate surface area is 153 Å². The van der Waals surface area contributed by atoms with Gasteiger partial charge < -0.3 is 20.5 Å². The molecule has 1 amide bonds. The van der Waals surface area contributed by atoms with Crippen molar-refractivity contribution >= 4 is 34.4 Å². The largest absolute Gasteiger partial charge is 0.481 e. The molecule has 134 valence electrons. The van der Waals surface area contributed by atoms with Gasteiger partial charge in [0, 0.05) is 29.1 Å². The van der Waals surface area contributed by atoms with Crippen molar-refractivity contribution in [2.24, 2.45) is 5.73 Å². The highest BCUT2D eigenvalue weighted by molar-refractivity contribution is 8.15. The number of amides is 1. The minimum absolute atomic E-state index is 0.0691. The Kier molecular flexibility index (Phi) is 4.66. The van der Waals surface area contributed by atoms with Gasteiger partial charge in [-0.15, -0.1) is 0 Å². The van der Waals surface area contributed by atoms with Crippen molar-refractivity contribution in [3.8, 4) is 5.88 Å². The number of hydrogen-bond acceptors (Lipinski definition) is 8. The van der Waals surface area contributed by atoms with Crippen LogP contribution in [0.4, 0.5) is 5.69 Å². The number of thioether (sulfide) groups is 1. The maximum atomic E-state index is 12.5. The molecule has 2 heterocycles. The summed E-state index contributed by atoms with van der Waals surface area (Å²) in [6.07, 6.45) is 1.50. The van der Waals surface area contributed by atoms with Crippen molar-refractivity contribution in [2.75, 3.05) is 19.5 Å². The second kappa shape index (κ2) is 6.77. The third kappa shape index (κ3) is 3.02. The van der Waals surface area contributed by atoms with E-state index in [0.717, 1.165) is 11.8 Å². The maximum Gasteiger partial charge on any atom is 0.337 e. The van der Waals surface area contributed by atoms with Crippen LogP contribution in [0.1, 0.15) is 21.5 Å². The summed E-state index contributed by atoms with van der Waals surface area (Å²) in [6, 6.07) is 7.85. The van der Waals surface area contributed by atoms with Crippen LogP contribution in [0.25, 0.3) is 0 Å². The van der Waals surface area contributed by atoms with E-state index < -0.39 is 16.7 Å². The van der Waals surface area contributed by atoms with Gasteiger partial charge in [0.2, 0.25) is 5.88 Å². The first-order chi connectivity index (χ1) is 12.4. The molecule has 0 saturated carbocycles. The predicted molar refractivity (Wildman–Crippen MR) is 97.5 cm³/mol. The summed E-state index contributed by atoms with van der Waals surface area (Å²) >= 11 is 0.874. The first-order valence-electron chi connectivity index (χ1n) is 7.50. The zero-order valence-corrected chi connectivity index (χ0v) is 14.8. The summed E-state index contributed by atoms with van der Waals surface area (Å²) in [4.78, 5) is 26.7. The van der Waals surface area contributed by atoms with Crippen molar-refractivity contribution in [1.29, 1.82) is 5.41 Å². The van der Waals surface area contributed by atoms with Gasteiger partial charge in [-0.1, -0.05) is 11.8 Å². The SMILES string of the molecule is COC(=O)c1ccc2c(c1)C(N)(SC(=N)c1ccnc(OC)c1)C(=O)N2. The average molecular weight is 372 g/mol. The highest BCUT2D eigenvalue weighted by Gasteiger charge is 2.46. The van der Waals surface area contributed by atoms with E-state index in [-0.39, 0.29) is 10.6 Å². The number of nitrogens with two attached hydrogens (primary N) is 1. The van der Waals surface area contributed by atoms with Crippen molar-refractivity contribution in [2.45, 2.75) is 4.87 Å². The predicted octanol–water partition coefficient (Wildman–Crippen LogP) is 1.70. The van der Waals surface area contributed by atoms with E-state index in [0.29, 0.717) is 22.7 Å². The van der Waals surface area contributed by atoms with Gasteiger partial charge in [0.05, 0.1) is 24.8 Å². The van der Waals surface area contributed by atoms with Crippen LogP contribution in [0.15, 0.2) is 36.5 Å². The molecule has 0 aliphatic carbocycles. The van der Waals surface area contributed by atoms with E-state index in [1.54, 1.807) is 24.3 Å². The van der Waals surface area contributed by atoms with Crippen LogP contribution in [0.5, 0.6) is 5.88 Å². The molecule has 8 nitrogen and oxygen atoms in total. The summed E-state index contributed by atoms with van der Waals surface area (Å²) in [6.45, 7) is 0. The summed E-state index contributed by atoms with van der Waals surface area (Å²) in [5.41, 5.74) is 8.04. The highest BCUT2D eigenvalue weighted by atomic mass is 32.2. The number of fused-ring (bicyclic) bond motifs is 1. The molecular formula is C17H16N4O4S. The van der Waals surface area contributed by atoms with Gasteiger partial charge in [0.1, 0.15) is 0 Å². The maximum absolute atomic E-state index is 12.5. The van der Waals surface area contributed by atoms with Gasteiger partial charge in [-0.3, -0.25) is 10.2 Å². The Morgan fingerprint density at radius 1 is 1.27 bits per heavy atom. The van der Waals surface area contributed by atoms with Crippen molar-refractivity contribution in [1.82, 2.24) is 4.98 Å². The summed E-state index contributed by atoms with van der Waals surface area (Å²) in [7, 11) is 2.75. The first-order valence-corrected chi connectivity index (χ1v) is 8.32. The van der Waals surface area contributed by atoms with Crippen LogP contribution in [0, 0.1) is 5.41 Å². The number of anilines is 1. The molecule has 0 radical (unpaired) electrons. The molecule has 1 aliphatic rings. The lowest BCUT2D eigenvalue weighted by Gasteiger charge is -2.22. The van der Waals surface area contributed by atoms with Gasteiger partial charge in [0.25, 0.3) is 5.91 Å².